The smallest absolute Gasteiger partial charge is 0.222 e. The summed E-state index contributed by atoms with van der Waals surface area (Å²) in [5, 5.41) is 3.38. The number of carbonyl (C=O) groups excluding carboxylic acids is 1. The Balaban J connectivity index is 0.00000306. The maximum atomic E-state index is 11.9. The molecule has 1 fully saturated rings. The summed E-state index contributed by atoms with van der Waals surface area (Å²) in [6.45, 7) is 6.87. The molecule has 0 saturated carbocycles. The summed E-state index contributed by atoms with van der Waals surface area (Å²) >= 11 is 0. The van der Waals surface area contributed by atoms with Crippen molar-refractivity contribution in [2.45, 2.75) is 39.4 Å². The predicted octanol–water partition coefficient (Wildman–Crippen LogP) is 3.80. The highest BCUT2D eigenvalue weighted by molar-refractivity contribution is 14.0. The number of aliphatic imine (C=N–C) groups is 1. The van der Waals surface area contributed by atoms with Crippen LogP contribution in [0.2, 0.25) is 0 Å². The van der Waals surface area contributed by atoms with E-state index in [0.717, 1.165) is 53.7 Å². The number of benzene rings is 2. The van der Waals surface area contributed by atoms with Gasteiger partial charge in [-0.05, 0) is 42.2 Å². The van der Waals surface area contributed by atoms with E-state index in [1.54, 1.807) is 0 Å². The van der Waals surface area contributed by atoms with E-state index in [4.69, 9.17) is 14.5 Å². The summed E-state index contributed by atoms with van der Waals surface area (Å²) < 4.78 is 11.3. The number of fused-ring (bicyclic) bond motifs is 1. The van der Waals surface area contributed by atoms with Crippen LogP contribution in [-0.4, -0.2) is 55.0 Å². The first-order valence-corrected chi connectivity index (χ1v) is 11.4. The van der Waals surface area contributed by atoms with Gasteiger partial charge in [-0.2, -0.15) is 0 Å². The summed E-state index contributed by atoms with van der Waals surface area (Å²) in [6, 6.07) is 14.4. The normalized spacial score (nSPS) is 15.3. The molecular formula is C25H33IN4O3. The standard InChI is InChI=1S/C25H32N4O3.HI/c1-3-26-25(28(2)17-21-9-10-22-23(15-21)32-13-12-31-22)27-16-19-6-4-7-20(14-19)18-29-11-5-8-24(29)30;/h4,6-7,9-10,14-15H,3,5,8,11-13,16-18H2,1-2H3,(H,26,27);1H. The van der Waals surface area contributed by atoms with E-state index < -0.39 is 0 Å². The molecule has 2 aliphatic heterocycles. The van der Waals surface area contributed by atoms with Crippen molar-refractivity contribution in [1.82, 2.24) is 15.1 Å². The molecule has 33 heavy (non-hydrogen) atoms. The van der Waals surface area contributed by atoms with E-state index in [0.29, 0.717) is 39.3 Å². The molecule has 0 spiro atoms. The lowest BCUT2D eigenvalue weighted by Gasteiger charge is -2.24. The lowest BCUT2D eigenvalue weighted by atomic mass is 10.1. The minimum atomic E-state index is 0. The van der Waals surface area contributed by atoms with Crippen molar-refractivity contribution in [3.8, 4) is 11.5 Å². The third-order valence-corrected chi connectivity index (χ3v) is 5.67. The van der Waals surface area contributed by atoms with Crippen LogP contribution in [0.4, 0.5) is 0 Å². The number of nitrogens with one attached hydrogen (secondary N) is 1. The van der Waals surface area contributed by atoms with Gasteiger partial charge in [0.05, 0.1) is 6.54 Å². The highest BCUT2D eigenvalue weighted by Crippen LogP contribution is 2.31. The number of amides is 1. The van der Waals surface area contributed by atoms with Crippen LogP contribution in [0.15, 0.2) is 47.5 Å². The number of likely N-dealkylation sites (tertiary alicyclic amines) is 1. The van der Waals surface area contributed by atoms with Gasteiger partial charge < -0.3 is 24.6 Å². The molecule has 7 nitrogen and oxygen atoms in total. The third kappa shape index (κ3) is 6.75. The molecule has 1 N–H and O–H groups in total. The largest absolute Gasteiger partial charge is 0.486 e. The number of guanidine groups is 1. The Morgan fingerprint density at radius 2 is 1.88 bits per heavy atom. The lowest BCUT2D eigenvalue weighted by Crippen LogP contribution is -2.38. The molecule has 0 bridgehead atoms. The predicted molar refractivity (Wildman–Crippen MR) is 140 cm³/mol. The molecule has 0 aromatic heterocycles. The number of rotatable bonds is 7. The zero-order valence-corrected chi connectivity index (χ0v) is 21.7. The van der Waals surface area contributed by atoms with Crippen molar-refractivity contribution < 1.29 is 14.3 Å². The van der Waals surface area contributed by atoms with Crippen molar-refractivity contribution >= 4 is 35.8 Å². The minimum absolute atomic E-state index is 0. The zero-order chi connectivity index (χ0) is 22.3. The molecule has 0 unspecified atom stereocenters. The SMILES string of the molecule is CCNC(=NCc1cccc(CN2CCCC2=O)c1)N(C)Cc1ccc2c(c1)OCCO2.I. The lowest BCUT2D eigenvalue weighted by molar-refractivity contribution is -0.128. The van der Waals surface area contributed by atoms with Crippen LogP contribution in [0.25, 0.3) is 0 Å². The molecule has 2 aromatic rings. The van der Waals surface area contributed by atoms with Crippen LogP contribution in [0, 0.1) is 0 Å². The molecule has 2 aliphatic rings. The first-order valence-electron chi connectivity index (χ1n) is 11.4. The summed E-state index contributed by atoms with van der Waals surface area (Å²) in [4.78, 5) is 20.8. The summed E-state index contributed by atoms with van der Waals surface area (Å²) in [7, 11) is 2.04. The Morgan fingerprint density at radius 3 is 2.64 bits per heavy atom. The van der Waals surface area contributed by atoms with Crippen molar-refractivity contribution in [1.29, 1.82) is 0 Å². The second-order valence-corrected chi connectivity index (χ2v) is 8.24. The molecule has 1 saturated heterocycles. The van der Waals surface area contributed by atoms with Crippen molar-refractivity contribution in [2.24, 2.45) is 4.99 Å². The Hall–Kier alpha value is -2.49. The maximum absolute atomic E-state index is 11.9. The summed E-state index contributed by atoms with van der Waals surface area (Å²) in [6.07, 6.45) is 1.64. The highest BCUT2D eigenvalue weighted by atomic mass is 127. The van der Waals surface area contributed by atoms with Crippen molar-refractivity contribution in [2.75, 3.05) is 33.4 Å². The number of hydrogen-bond donors (Lipinski definition) is 1. The molecule has 0 radical (unpaired) electrons. The molecule has 178 valence electrons. The van der Waals surface area contributed by atoms with Gasteiger partial charge in [0, 0.05) is 39.6 Å². The molecule has 4 rings (SSSR count). The maximum Gasteiger partial charge on any atom is 0.222 e. The fraction of sp³-hybridized carbons (Fsp3) is 0.440. The van der Waals surface area contributed by atoms with Crippen LogP contribution in [0.3, 0.4) is 0 Å². The van der Waals surface area contributed by atoms with Gasteiger partial charge in [0.15, 0.2) is 17.5 Å². The van der Waals surface area contributed by atoms with Crippen LogP contribution >= 0.6 is 24.0 Å². The van der Waals surface area contributed by atoms with Crippen LogP contribution in [-0.2, 0) is 24.4 Å². The average molecular weight is 564 g/mol. The molecule has 0 aliphatic carbocycles. The van der Waals surface area contributed by atoms with E-state index >= 15 is 0 Å². The van der Waals surface area contributed by atoms with Gasteiger partial charge in [0.1, 0.15) is 13.2 Å². The molecule has 8 heteroatoms. The number of nitrogens with zero attached hydrogens (tertiary/aromatic N) is 3. The first-order chi connectivity index (χ1) is 15.6. The Morgan fingerprint density at radius 1 is 1.09 bits per heavy atom. The van der Waals surface area contributed by atoms with Crippen molar-refractivity contribution in [3.63, 3.8) is 0 Å². The molecule has 2 heterocycles. The second kappa shape index (κ2) is 12.1. The van der Waals surface area contributed by atoms with Crippen LogP contribution < -0.4 is 14.8 Å². The summed E-state index contributed by atoms with van der Waals surface area (Å²) in [5.74, 6) is 2.71. The number of ether oxygens (including phenoxy) is 2. The van der Waals surface area contributed by atoms with E-state index in [1.165, 1.54) is 0 Å². The Labute approximate surface area is 213 Å². The monoisotopic (exact) mass is 564 g/mol. The zero-order valence-electron chi connectivity index (χ0n) is 19.4. The Kier molecular flexibility index (Phi) is 9.22. The molecule has 2 aromatic carbocycles. The fourth-order valence-electron chi connectivity index (χ4n) is 4.09. The first kappa shape index (κ1) is 25.1. The molecule has 1 amide bonds. The van der Waals surface area contributed by atoms with Gasteiger partial charge in [-0.15, -0.1) is 24.0 Å². The van der Waals surface area contributed by atoms with Gasteiger partial charge >= 0.3 is 0 Å². The number of hydrogen-bond acceptors (Lipinski definition) is 4. The third-order valence-electron chi connectivity index (χ3n) is 5.67. The second-order valence-electron chi connectivity index (χ2n) is 8.24. The quantitative estimate of drug-likeness (QED) is 0.315. The van der Waals surface area contributed by atoms with Gasteiger partial charge in [-0.1, -0.05) is 30.3 Å². The van der Waals surface area contributed by atoms with Gasteiger partial charge in [0.25, 0.3) is 0 Å². The van der Waals surface area contributed by atoms with Gasteiger partial charge in [-0.25, -0.2) is 4.99 Å². The molecule has 0 atom stereocenters. The number of halogens is 1. The number of carbonyl (C=O) groups is 1. The minimum Gasteiger partial charge on any atom is -0.486 e. The van der Waals surface area contributed by atoms with Crippen LogP contribution in [0.5, 0.6) is 11.5 Å². The van der Waals surface area contributed by atoms with Crippen molar-refractivity contribution in [3.05, 3.63) is 59.2 Å². The average Bonchev–Trinajstić information content (AvgIpc) is 3.21. The fourth-order valence-corrected chi connectivity index (χ4v) is 4.09. The van der Waals surface area contributed by atoms with Gasteiger partial charge in [0.2, 0.25) is 5.91 Å². The van der Waals surface area contributed by atoms with E-state index in [-0.39, 0.29) is 29.9 Å². The van der Waals surface area contributed by atoms with E-state index in [9.17, 15) is 4.79 Å². The highest BCUT2D eigenvalue weighted by Gasteiger charge is 2.20. The topological polar surface area (TPSA) is 66.4 Å². The Bertz CT molecular complexity index is 982. The van der Waals surface area contributed by atoms with E-state index in [2.05, 4.69) is 41.4 Å². The van der Waals surface area contributed by atoms with Crippen LogP contribution in [0.1, 0.15) is 36.5 Å². The molecular weight excluding hydrogens is 531 g/mol. The van der Waals surface area contributed by atoms with E-state index in [1.807, 2.05) is 30.1 Å². The van der Waals surface area contributed by atoms with Gasteiger partial charge in [-0.3, -0.25) is 4.79 Å². The summed E-state index contributed by atoms with van der Waals surface area (Å²) in [5.41, 5.74) is 3.43.